The summed E-state index contributed by atoms with van der Waals surface area (Å²) in [5.41, 5.74) is 4.60. The quantitative estimate of drug-likeness (QED) is 0.0807. The van der Waals surface area contributed by atoms with E-state index in [4.69, 9.17) is 9.47 Å². The van der Waals surface area contributed by atoms with Crippen LogP contribution in [-0.2, 0) is 43.5 Å². The molecule has 0 radical (unpaired) electrons. The zero-order valence-corrected chi connectivity index (χ0v) is 32.7. The van der Waals surface area contributed by atoms with E-state index in [-0.39, 0.29) is 19.1 Å². The van der Waals surface area contributed by atoms with Gasteiger partial charge in [-0.2, -0.15) is 0 Å². The summed E-state index contributed by atoms with van der Waals surface area (Å²) in [6.45, 7) is 3.16. The Morgan fingerprint density at radius 3 is 2.04 bits per heavy atom. The van der Waals surface area contributed by atoms with Crippen LogP contribution in [0, 0.1) is 5.92 Å². The Morgan fingerprint density at radius 1 is 0.786 bits per heavy atom. The number of aromatic nitrogens is 2. The Kier molecular flexibility index (Phi) is 13.7. The van der Waals surface area contributed by atoms with Gasteiger partial charge in [0.2, 0.25) is 5.91 Å². The smallest absolute Gasteiger partial charge is 0.252 e. The third-order valence-electron chi connectivity index (χ3n) is 9.58. The summed E-state index contributed by atoms with van der Waals surface area (Å²) < 4.78 is 12.2. The van der Waals surface area contributed by atoms with Crippen molar-refractivity contribution in [1.29, 1.82) is 0 Å². The molecule has 3 amide bonds. The van der Waals surface area contributed by atoms with Crippen molar-refractivity contribution < 1.29 is 39.2 Å². The number of carbonyl (C=O) groups is 3. The lowest BCUT2D eigenvalue weighted by atomic mass is 9.98. The minimum atomic E-state index is -2.03. The third-order valence-corrected chi connectivity index (χ3v) is 11.2. The Labute approximate surface area is 332 Å². The molecule has 5 aromatic rings. The summed E-state index contributed by atoms with van der Waals surface area (Å²) in [7, 11) is 1.44. The molecule has 0 aliphatic heterocycles. The first kappa shape index (κ1) is 40.8. The molecule has 5 unspecified atom stereocenters. The minimum absolute atomic E-state index is 0.156. The van der Waals surface area contributed by atoms with Crippen molar-refractivity contribution >= 4 is 40.4 Å². The molecule has 0 saturated heterocycles. The molecule has 0 fully saturated rings. The lowest BCUT2D eigenvalue weighted by molar-refractivity contribution is -0.171. The van der Waals surface area contributed by atoms with E-state index in [1.807, 2.05) is 53.2 Å². The number of ether oxygens (including phenoxy) is 2. The largest absolute Gasteiger partial charge is 0.390 e. The number of nitrogens with zero attached hydrogens (tertiary/aromatic N) is 2. The van der Waals surface area contributed by atoms with Gasteiger partial charge in [-0.05, 0) is 34.2 Å². The standard InChI is InChI=1S/C41H45N5O8S2/c1-23(2)31(37(50)42-3)45-38(51)35(54-22-25-7-6-9-28(19-25)41-44-16-18-56-41)33(48)34(49)36(39(52)46-32-29-10-5-4-8-27(29)20-30(32)47)53-21-24-11-13-26(14-12-24)40-43-15-17-55-40/h4-19,23,30-36,47-49H,20-22H2,1-3H3,(H,42,50)(H,45,51)(H,46,52)/t30?,31-,32?,33?,34?,35?,36+/m0/s1. The van der Waals surface area contributed by atoms with Gasteiger partial charge in [0, 0.05) is 47.7 Å². The summed E-state index contributed by atoms with van der Waals surface area (Å²) in [5.74, 6) is -2.51. The highest BCUT2D eigenvalue weighted by molar-refractivity contribution is 7.13. The van der Waals surface area contributed by atoms with Crippen molar-refractivity contribution in [2.45, 2.75) is 76.1 Å². The topological polar surface area (TPSA) is 192 Å². The third kappa shape index (κ3) is 9.73. The Hall–Kier alpha value is -4.87. The number of carbonyl (C=O) groups excluding carboxylic acids is 3. The first-order valence-corrected chi connectivity index (χ1v) is 19.9. The molecule has 2 aromatic heterocycles. The van der Waals surface area contributed by atoms with E-state index < -0.39 is 60.3 Å². The van der Waals surface area contributed by atoms with Crippen LogP contribution in [0.2, 0.25) is 0 Å². The summed E-state index contributed by atoms with van der Waals surface area (Å²) in [4.78, 5) is 49.5. The fourth-order valence-corrected chi connectivity index (χ4v) is 7.85. The maximum Gasteiger partial charge on any atom is 0.252 e. The molecular formula is C41H45N5O8S2. The van der Waals surface area contributed by atoms with Gasteiger partial charge in [-0.25, -0.2) is 9.97 Å². The molecule has 13 nitrogen and oxygen atoms in total. The number of rotatable bonds is 17. The highest BCUT2D eigenvalue weighted by Crippen LogP contribution is 2.32. The molecule has 294 valence electrons. The van der Waals surface area contributed by atoms with Crippen LogP contribution in [0.15, 0.2) is 96.0 Å². The highest BCUT2D eigenvalue weighted by atomic mass is 32.1. The Bertz CT molecular complexity index is 2060. The molecule has 0 bridgehead atoms. The number of aliphatic hydroxyl groups is 3. The van der Waals surface area contributed by atoms with E-state index in [1.54, 1.807) is 56.6 Å². The summed E-state index contributed by atoms with van der Waals surface area (Å²) in [6, 6.07) is 20.1. The monoisotopic (exact) mass is 799 g/mol. The number of nitrogens with one attached hydrogen (secondary N) is 3. The normalized spacial score (nSPS) is 17.7. The van der Waals surface area contributed by atoms with Crippen LogP contribution < -0.4 is 16.0 Å². The molecule has 0 saturated carbocycles. The molecule has 6 rings (SSSR count). The van der Waals surface area contributed by atoms with Crippen molar-refractivity contribution in [1.82, 2.24) is 25.9 Å². The second kappa shape index (κ2) is 18.8. The summed E-state index contributed by atoms with van der Waals surface area (Å²) in [6.07, 6.45) is -4.79. The summed E-state index contributed by atoms with van der Waals surface area (Å²) in [5, 5.41) is 48.0. The van der Waals surface area contributed by atoms with Gasteiger partial charge in [-0.1, -0.05) is 80.6 Å². The predicted octanol–water partition coefficient (Wildman–Crippen LogP) is 3.79. The number of aliphatic hydroxyl groups excluding tert-OH is 3. The lowest BCUT2D eigenvalue weighted by Gasteiger charge is -2.32. The van der Waals surface area contributed by atoms with E-state index in [0.29, 0.717) is 17.5 Å². The number of likely N-dealkylation sites (N-methyl/N-ethyl adjacent to an activating group) is 1. The molecule has 2 heterocycles. The van der Waals surface area contributed by atoms with Crippen LogP contribution in [-0.4, -0.2) is 86.6 Å². The van der Waals surface area contributed by atoms with Crippen molar-refractivity contribution in [2.24, 2.45) is 5.92 Å². The number of thiazole rings is 2. The first-order valence-electron chi connectivity index (χ1n) is 18.2. The molecule has 3 aromatic carbocycles. The van der Waals surface area contributed by atoms with Gasteiger partial charge in [0.25, 0.3) is 11.8 Å². The lowest BCUT2D eigenvalue weighted by Crippen LogP contribution is -2.59. The van der Waals surface area contributed by atoms with E-state index in [1.165, 1.54) is 29.7 Å². The fourth-order valence-electron chi connectivity index (χ4n) is 6.57. The molecular weight excluding hydrogens is 755 g/mol. The maximum absolute atomic E-state index is 14.1. The van der Waals surface area contributed by atoms with E-state index >= 15 is 0 Å². The number of benzene rings is 3. The second-order valence-corrected chi connectivity index (χ2v) is 15.6. The SMILES string of the molecule is CNC(=O)[C@@H](NC(=O)C(OCc1cccc(-c2nccs2)c1)C(O)C(O)[C@@H](OCc1ccc(-c2nccs2)cc1)C(=O)NC1c2ccccc2CC1O)C(C)C. The van der Waals surface area contributed by atoms with Crippen molar-refractivity contribution in [2.75, 3.05) is 7.05 Å². The van der Waals surface area contributed by atoms with Gasteiger partial charge in [0.15, 0.2) is 12.2 Å². The van der Waals surface area contributed by atoms with Gasteiger partial charge < -0.3 is 40.7 Å². The number of amides is 3. The van der Waals surface area contributed by atoms with Crippen LogP contribution in [0.4, 0.5) is 0 Å². The van der Waals surface area contributed by atoms with E-state index in [0.717, 1.165) is 32.3 Å². The minimum Gasteiger partial charge on any atom is -0.390 e. The van der Waals surface area contributed by atoms with E-state index in [9.17, 15) is 29.7 Å². The molecule has 6 N–H and O–H groups in total. The number of hydrogen-bond donors (Lipinski definition) is 6. The van der Waals surface area contributed by atoms with Crippen LogP contribution in [0.1, 0.15) is 42.1 Å². The molecule has 0 spiro atoms. The molecule has 1 aliphatic carbocycles. The molecule has 1 aliphatic rings. The van der Waals surface area contributed by atoms with Crippen molar-refractivity contribution in [3.63, 3.8) is 0 Å². The van der Waals surface area contributed by atoms with Gasteiger partial charge in [-0.15, -0.1) is 22.7 Å². The molecule has 56 heavy (non-hydrogen) atoms. The maximum atomic E-state index is 14.1. The Balaban J connectivity index is 1.27. The Morgan fingerprint density at radius 2 is 1.41 bits per heavy atom. The van der Waals surface area contributed by atoms with Crippen molar-refractivity contribution in [3.05, 3.63) is 118 Å². The zero-order chi connectivity index (χ0) is 39.8. The van der Waals surface area contributed by atoms with Crippen LogP contribution >= 0.6 is 22.7 Å². The number of fused-ring (bicyclic) bond motifs is 1. The number of hydrogen-bond acceptors (Lipinski definition) is 12. The van der Waals surface area contributed by atoms with Gasteiger partial charge in [-0.3, -0.25) is 14.4 Å². The fraction of sp³-hybridized carbons (Fsp3) is 0.341. The van der Waals surface area contributed by atoms with Gasteiger partial charge >= 0.3 is 0 Å². The zero-order valence-electron chi connectivity index (χ0n) is 31.1. The highest BCUT2D eigenvalue weighted by Gasteiger charge is 2.43. The first-order chi connectivity index (χ1) is 27.0. The van der Waals surface area contributed by atoms with Crippen LogP contribution in [0.25, 0.3) is 21.1 Å². The van der Waals surface area contributed by atoms with Crippen LogP contribution in [0.3, 0.4) is 0 Å². The van der Waals surface area contributed by atoms with Crippen molar-refractivity contribution in [3.8, 4) is 21.1 Å². The average Bonchev–Trinajstić information content (AvgIpc) is 4.00. The predicted molar refractivity (Wildman–Crippen MR) is 212 cm³/mol. The van der Waals surface area contributed by atoms with Gasteiger partial charge in [0.1, 0.15) is 28.3 Å². The van der Waals surface area contributed by atoms with E-state index in [2.05, 4.69) is 25.9 Å². The molecule has 7 atom stereocenters. The molecule has 15 heteroatoms. The van der Waals surface area contributed by atoms with Crippen LogP contribution in [0.5, 0.6) is 0 Å². The average molecular weight is 800 g/mol. The summed E-state index contributed by atoms with van der Waals surface area (Å²) >= 11 is 2.95. The van der Waals surface area contributed by atoms with Gasteiger partial charge in [0.05, 0.1) is 25.4 Å². The second-order valence-electron chi connectivity index (χ2n) is 13.8.